The van der Waals surface area contributed by atoms with Gasteiger partial charge >= 0.3 is 13.3 Å². The number of hydrogen-bond donors (Lipinski definition) is 4. The molecule has 14 heteroatoms. The summed E-state index contributed by atoms with van der Waals surface area (Å²) in [6.07, 6.45) is 2.19. The Morgan fingerprint density at radius 1 is 1.10 bits per heavy atom. The second kappa shape index (κ2) is 10.7. The molecule has 5 rings (SSSR count). The Morgan fingerprint density at radius 2 is 1.83 bits per heavy atom. The van der Waals surface area contributed by atoms with Crippen molar-refractivity contribution in [3.8, 4) is 0 Å². The van der Waals surface area contributed by atoms with Gasteiger partial charge in [0.15, 0.2) is 0 Å². The topological polar surface area (TPSA) is 139 Å². The van der Waals surface area contributed by atoms with Crippen LogP contribution >= 0.6 is 18.9 Å². The van der Waals surface area contributed by atoms with Crippen molar-refractivity contribution in [3.63, 3.8) is 0 Å². The molecule has 1 unspecified atom stereocenters. The van der Waals surface area contributed by atoms with Gasteiger partial charge in [0.05, 0.1) is 4.88 Å². The number of halogens is 2. The van der Waals surface area contributed by atoms with E-state index in [-0.39, 0.29) is 28.1 Å². The van der Waals surface area contributed by atoms with Gasteiger partial charge in [0.25, 0.3) is 5.91 Å². The van der Waals surface area contributed by atoms with E-state index in [1.165, 1.54) is 12.1 Å². The summed E-state index contributed by atoms with van der Waals surface area (Å²) in [5.74, 6) is -0.527. The highest BCUT2D eigenvalue weighted by Crippen LogP contribution is 2.59. The quantitative estimate of drug-likeness (QED) is 0.368. The van der Waals surface area contributed by atoms with Crippen molar-refractivity contribution in [2.45, 2.75) is 63.8 Å². The average molecular weight is 613 g/mol. The number of benzene rings is 1. The normalized spacial score (nSPS) is 24.1. The number of fused-ring (bicyclic) bond motifs is 2. The van der Waals surface area contributed by atoms with Crippen LogP contribution < -0.4 is 10.6 Å². The lowest BCUT2D eigenvalue weighted by molar-refractivity contribution is -0.146. The monoisotopic (exact) mass is 612 g/mol. The van der Waals surface area contributed by atoms with Crippen molar-refractivity contribution in [1.29, 1.82) is 0 Å². The lowest BCUT2D eigenvalue weighted by Gasteiger charge is -2.37. The van der Waals surface area contributed by atoms with Crippen LogP contribution in [0.1, 0.15) is 55.3 Å². The standard InChI is InChI=1S/C27H35F2N4O6PS/c1-26(2,3)22(25(36)32-9-4-5-18(32)24(35)33-10-8-15-13-30-14-19(15)33)31-23(34)21-12-16-11-17(6-7-20(16)41-21)27(28,29)40(37,38)39/h6-7,11-12,15,18-19,22,30H,4-5,8-10,13-14H2,1-3H3,(H,31,34)(H2,37,38,39)/t15-,18+,19+,22?/m1/s1. The van der Waals surface area contributed by atoms with Gasteiger partial charge in [0.2, 0.25) is 11.8 Å². The Balaban J connectivity index is 1.35. The molecule has 1 aromatic carbocycles. The summed E-state index contributed by atoms with van der Waals surface area (Å²) in [6, 6.07) is 3.14. The van der Waals surface area contributed by atoms with Gasteiger partial charge in [0, 0.05) is 42.5 Å². The molecule has 0 spiro atoms. The van der Waals surface area contributed by atoms with E-state index in [1.54, 1.807) is 4.90 Å². The number of hydrogen-bond acceptors (Lipinski definition) is 6. The third kappa shape index (κ3) is 5.54. The minimum Gasteiger partial charge on any atom is -0.339 e. The number of carbonyl (C=O) groups excluding carboxylic acids is 3. The molecule has 224 valence electrons. The van der Waals surface area contributed by atoms with Gasteiger partial charge in [-0.25, -0.2) is 0 Å². The van der Waals surface area contributed by atoms with Crippen molar-refractivity contribution < 1.29 is 37.5 Å². The van der Waals surface area contributed by atoms with Crippen LogP contribution in [-0.2, 0) is 19.8 Å². The summed E-state index contributed by atoms with van der Waals surface area (Å²) in [5.41, 5.74) is -5.93. The fourth-order valence-electron chi connectivity index (χ4n) is 6.13. The molecule has 10 nitrogen and oxygen atoms in total. The number of amides is 3. The van der Waals surface area contributed by atoms with E-state index in [0.717, 1.165) is 43.0 Å². The summed E-state index contributed by atoms with van der Waals surface area (Å²) in [4.78, 5) is 62.7. The van der Waals surface area contributed by atoms with E-state index >= 15 is 0 Å². The molecule has 3 amide bonds. The second-order valence-electron chi connectivity index (χ2n) is 12.2. The fraction of sp³-hybridized carbons (Fsp3) is 0.593. The van der Waals surface area contributed by atoms with Gasteiger partial charge in [-0.2, -0.15) is 8.78 Å². The lowest BCUT2D eigenvalue weighted by Crippen LogP contribution is -2.58. The first-order valence-electron chi connectivity index (χ1n) is 13.7. The maximum Gasteiger partial charge on any atom is 0.399 e. The molecule has 3 fully saturated rings. The minimum atomic E-state index is -5.75. The maximum absolute atomic E-state index is 14.2. The van der Waals surface area contributed by atoms with Gasteiger partial charge in [-0.3, -0.25) is 18.9 Å². The molecule has 4 N–H and O–H groups in total. The first-order valence-corrected chi connectivity index (χ1v) is 16.1. The molecule has 41 heavy (non-hydrogen) atoms. The Hall–Kier alpha value is -2.44. The smallest absolute Gasteiger partial charge is 0.339 e. The van der Waals surface area contributed by atoms with Crippen molar-refractivity contribution in [2.75, 3.05) is 26.2 Å². The number of nitrogens with zero attached hydrogens (tertiary/aromatic N) is 2. The van der Waals surface area contributed by atoms with Crippen LogP contribution in [0.4, 0.5) is 8.78 Å². The number of likely N-dealkylation sites (tertiary alicyclic amines) is 2. The molecule has 4 atom stereocenters. The van der Waals surface area contributed by atoms with Gasteiger partial charge in [-0.15, -0.1) is 11.3 Å². The van der Waals surface area contributed by atoms with Gasteiger partial charge in [-0.05, 0) is 54.2 Å². The van der Waals surface area contributed by atoms with Crippen LogP contribution in [0, 0.1) is 11.3 Å². The Morgan fingerprint density at radius 3 is 2.51 bits per heavy atom. The molecule has 2 aromatic rings. The van der Waals surface area contributed by atoms with E-state index in [2.05, 4.69) is 10.6 Å². The zero-order valence-electron chi connectivity index (χ0n) is 23.1. The second-order valence-corrected chi connectivity index (χ2v) is 15.0. The summed E-state index contributed by atoms with van der Waals surface area (Å²) in [7, 11) is -5.75. The van der Waals surface area contributed by atoms with Gasteiger partial charge in [-0.1, -0.05) is 26.8 Å². The third-order valence-electron chi connectivity index (χ3n) is 8.39. The average Bonchev–Trinajstić information content (AvgIpc) is 3.67. The van der Waals surface area contributed by atoms with Crippen LogP contribution in [0.5, 0.6) is 0 Å². The van der Waals surface area contributed by atoms with Crippen LogP contribution in [0.2, 0.25) is 0 Å². The van der Waals surface area contributed by atoms with E-state index in [9.17, 15) is 27.7 Å². The van der Waals surface area contributed by atoms with E-state index in [0.29, 0.717) is 36.5 Å². The molecule has 3 saturated heterocycles. The van der Waals surface area contributed by atoms with Crippen LogP contribution in [0.25, 0.3) is 10.1 Å². The number of carbonyl (C=O) groups is 3. The predicted octanol–water partition coefficient (Wildman–Crippen LogP) is 3.08. The molecule has 0 saturated carbocycles. The zero-order chi connectivity index (χ0) is 29.9. The summed E-state index contributed by atoms with van der Waals surface area (Å²) >= 11 is 1.02. The molecule has 1 aromatic heterocycles. The molecular weight excluding hydrogens is 577 g/mol. The number of rotatable bonds is 6. The first-order chi connectivity index (χ1) is 19.1. The van der Waals surface area contributed by atoms with Gasteiger partial charge in [0.1, 0.15) is 12.1 Å². The zero-order valence-corrected chi connectivity index (χ0v) is 24.8. The molecule has 3 aliphatic rings. The fourth-order valence-corrected chi connectivity index (χ4v) is 7.55. The van der Waals surface area contributed by atoms with E-state index < -0.39 is 42.2 Å². The number of alkyl halides is 2. The Kier molecular flexibility index (Phi) is 7.82. The first kappa shape index (κ1) is 30.0. The highest BCUT2D eigenvalue weighted by molar-refractivity contribution is 7.52. The van der Waals surface area contributed by atoms with Crippen molar-refractivity contribution in [2.24, 2.45) is 11.3 Å². The van der Waals surface area contributed by atoms with Crippen molar-refractivity contribution >= 4 is 46.7 Å². The van der Waals surface area contributed by atoms with Gasteiger partial charge < -0.3 is 30.2 Å². The Bertz CT molecular complexity index is 1420. The van der Waals surface area contributed by atoms with Crippen LogP contribution in [-0.4, -0.2) is 81.6 Å². The maximum atomic E-state index is 14.2. The summed E-state index contributed by atoms with van der Waals surface area (Å²) in [6.45, 7) is 8.20. The highest BCUT2D eigenvalue weighted by atomic mass is 32.1. The predicted molar refractivity (Wildman–Crippen MR) is 150 cm³/mol. The molecule has 0 radical (unpaired) electrons. The molecule has 0 bridgehead atoms. The third-order valence-corrected chi connectivity index (χ3v) is 10.5. The highest BCUT2D eigenvalue weighted by Gasteiger charge is 2.50. The molecule has 0 aliphatic carbocycles. The van der Waals surface area contributed by atoms with Crippen molar-refractivity contribution in [1.82, 2.24) is 20.4 Å². The van der Waals surface area contributed by atoms with E-state index in [1.807, 2.05) is 25.7 Å². The van der Waals surface area contributed by atoms with Crippen LogP contribution in [0.3, 0.4) is 0 Å². The number of nitrogens with one attached hydrogen (secondary N) is 2. The molecule has 3 aliphatic heterocycles. The SMILES string of the molecule is CC(C)(C)C(NC(=O)c1cc2cc(C(F)(F)P(=O)(O)O)ccc2s1)C(=O)N1CCC[C@H]1C(=O)N1CC[C@@H]2CNC[C@@H]21. The number of thiophene rings is 1. The van der Waals surface area contributed by atoms with E-state index in [4.69, 9.17) is 9.79 Å². The summed E-state index contributed by atoms with van der Waals surface area (Å²) < 4.78 is 40.2. The molecular formula is C27H35F2N4O6PS. The largest absolute Gasteiger partial charge is 0.399 e. The Labute approximate surface area is 240 Å². The lowest BCUT2D eigenvalue weighted by atomic mass is 9.85. The van der Waals surface area contributed by atoms with Crippen molar-refractivity contribution in [3.05, 3.63) is 34.7 Å². The minimum absolute atomic E-state index is 0.0431. The van der Waals surface area contributed by atoms with Crippen LogP contribution in [0.15, 0.2) is 24.3 Å². The molecule has 4 heterocycles. The summed E-state index contributed by atoms with van der Waals surface area (Å²) in [5, 5.41) is 6.38.